The van der Waals surface area contributed by atoms with E-state index in [1.54, 1.807) is 26.0 Å². The topological polar surface area (TPSA) is 47.6 Å². The van der Waals surface area contributed by atoms with Crippen LogP contribution in [0.15, 0.2) is 70.5 Å². The van der Waals surface area contributed by atoms with Crippen molar-refractivity contribution < 1.29 is 14.3 Å². The molecule has 0 saturated heterocycles. The highest BCUT2D eigenvalue weighted by Gasteiger charge is 2.28. The van der Waals surface area contributed by atoms with E-state index in [1.807, 2.05) is 48.5 Å². The van der Waals surface area contributed by atoms with Gasteiger partial charge in [0.05, 0.1) is 14.2 Å². The van der Waals surface area contributed by atoms with Crippen molar-refractivity contribution in [1.29, 1.82) is 0 Å². The third-order valence-corrected chi connectivity index (χ3v) is 6.85. The summed E-state index contributed by atoms with van der Waals surface area (Å²) in [5, 5.41) is 3.76. The van der Waals surface area contributed by atoms with Crippen LogP contribution >= 0.6 is 23.4 Å². The van der Waals surface area contributed by atoms with E-state index in [0.717, 1.165) is 16.0 Å². The molecule has 0 saturated carbocycles. The summed E-state index contributed by atoms with van der Waals surface area (Å²) in [5.41, 5.74) is 3.37. The summed E-state index contributed by atoms with van der Waals surface area (Å²) < 4.78 is 10.6. The normalized spacial score (nSPS) is 14.4. The number of hydrogen-bond donors (Lipinski definition) is 1. The number of methoxy groups -OCH3 is 2. The van der Waals surface area contributed by atoms with Gasteiger partial charge in [-0.15, -0.1) is 0 Å². The van der Waals surface area contributed by atoms with Gasteiger partial charge in [-0.2, -0.15) is 0 Å². The molecule has 1 N–H and O–H groups in total. The first kappa shape index (κ1) is 21.6. The average molecular weight is 454 g/mol. The van der Waals surface area contributed by atoms with Crippen molar-refractivity contribution in [3.8, 4) is 11.5 Å². The Kier molecular flexibility index (Phi) is 6.73. The molecule has 3 aromatic rings. The number of fused-ring (bicyclic) bond motifs is 2. The molecule has 3 aromatic carbocycles. The predicted molar refractivity (Wildman–Crippen MR) is 125 cm³/mol. The summed E-state index contributed by atoms with van der Waals surface area (Å²) in [6.07, 6.45) is 1.10. The van der Waals surface area contributed by atoms with E-state index in [2.05, 4.69) is 17.4 Å². The van der Waals surface area contributed by atoms with Gasteiger partial charge in [-0.05, 0) is 59.5 Å². The molecule has 0 fully saturated rings. The summed E-state index contributed by atoms with van der Waals surface area (Å²) in [7, 11) is 3.23. The smallest absolute Gasteiger partial charge is 0.220 e. The molecule has 0 unspecified atom stereocenters. The summed E-state index contributed by atoms with van der Waals surface area (Å²) in [4.78, 5) is 15.2. The Bertz CT molecular complexity index is 1100. The standard InChI is InChI=1S/C25H24ClNO3S/c1-29-21-9-7-16(13-22(21)30-2)11-12-27-25(28)15-19-18-5-3-4-6-23(18)31-24-10-8-17(26)14-20(19)24/h3-10,13-14,19H,11-12,15H2,1-2H3,(H,27,28)/t19-/m0/s1. The van der Waals surface area contributed by atoms with Crippen LogP contribution in [0.5, 0.6) is 11.5 Å². The number of halogens is 1. The second kappa shape index (κ2) is 9.67. The average Bonchev–Trinajstić information content (AvgIpc) is 2.79. The van der Waals surface area contributed by atoms with Gasteiger partial charge in [0, 0.05) is 33.7 Å². The lowest BCUT2D eigenvalue weighted by Crippen LogP contribution is -2.28. The largest absolute Gasteiger partial charge is 0.493 e. The van der Waals surface area contributed by atoms with E-state index in [9.17, 15) is 4.79 Å². The maximum Gasteiger partial charge on any atom is 0.220 e. The van der Waals surface area contributed by atoms with E-state index in [4.69, 9.17) is 21.1 Å². The molecular weight excluding hydrogens is 430 g/mol. The fraction of sp³-hybridized carbons (Fsp3) is 0.240. The molecule has 160 valence electrons. The minimum atomic E-state index is -0.00719. The molecule has 4 rings (SSSR count). The van der Waals surface area contributed by atoms with Crippen LogP contribution in [0.3, 0.4) is 0 Å². The Hall–Kier alpha value is -2.63. The van der Waals surface area contributed by atoms with Gasteiger partial charge >= 0.3 is 0 Å². The zero-order chi connectivity index (χ0) is 21.8. The van der Waals surface area contributed by atoms with Gasteiger partial charge in [-0.1, -0.05) is 47.6 Å². The Morgan fingerprint density at radius 2 is 1.74 bits per heavy atom. The summed E-state index contributed by atoms with van der Waals surface area (Å²) in [5.74, 6) is 1.41. The van der Waals surface area contributed by atoms with Gasteiger partial charge < -0.3 is 14.8 Å². The zero-order valence-corrected chi connectivity index (χ0v) is 19.1. The Balaban J connectivity index is 1.44. The SMILES string of the molecule is COc1ccc(CCNC(=O)C[C@H]2c3ccccc3Sc3ccc(Cl)cc32)cc1OC. The molecule has 0 spiro atoms. The monoisotopic (exact) mass is 453 g/mol. The molecule has 0 bridgehead atoms. The van der Waals surface area contributed by atoms with Crippen LogP contribution in [-0.4, -0.2) is 26.7 Å². The number of nitrogens with one attached hydrogen (secondary N) is 1. The van der Waals surface area contributed by atoms with E-state index in [0.29, 0.717) is 35.9 Å². The molecule has 1 amide bonds. The highest BCUT2D eigenvalue weighted by atomic mass is 35.5. The van der Waals surface area contributed by atoms with Gasteiger partial charge in [0.15, 0.2) is 11.5 Å². The Labute approximate surface area is 191 Å². The van der Waals surface area contributed by atoms with Gasteiger partial charge in [0.1, 0.15) is 0 Å². The maximum atomic E-state index is 12.8. The third-order valence-electron chi connectivity index (χ3n) is 5.43. The molecule has 1 atom stereocenters. The van der Waals surface area contributed by atoms with Crippen LogP contribution in [0.2, 0.25) is 5.02 Å². The lowest BCUT2D eigenvalue weighted by molar-refractivity contribution is -0.121. The fourth-order valence-corrected chi connectivity index (χ4v) is 5.24. The van der Waals surface area contributed by atoms with E-state index >= 15 is 0 Å². The number of benzene rings is 3. The van der Waals surface area contributed by atoms with Gasteiger partial charge in [-0.3, -0.25) is 4.79 Å². The minimum absolute atomic E-state index is 0.00719. The van der Waals surface area contributed by atoms with Gasteiger partial charge in [0.25, 0.3) is 0 Å². The number of rotatable bonds is 7. The molecular formula is C25H24ClNO3S. The first-order chi connectivity index (χ1) is 15.1. The van der Waals surface area contributed by atoms with Crippen molar-refractivity contribution in [2.75, 3.05) is 20.8 Å². The lowest BCUT2D eigenvalue weighted by Gasteiger charge is -2.27. The Morgan fingerprint density at radius 1 is 0.968 bits per heavy atom. The molecule has 1 aliphatic rings. The van der Waals surface area contributed by atoms with Crippen LogP contribution in [0.4, 0.5) is 0 Å². The van der Waals surface area contributed by atoms with E-state index in [-0.39, 0.29) is 11.8 Å². The zero-order valence-electron chi connectivity index (χ0n) is 17.5. The molecule has 0 aromatic heterocycles. The van der Waals surface area contributed by atoms with Crippen molar-refractivity contribution >= 4 is 29.3 Å². The third kappa shape index (κ3) is 4.83. The molecule has 1 heterocycles. The van der Waals surface area contributed by atoms with Crippen molar-refractivity contribution in [2.24, 2.45) is 0 Å². The van der Waals surface area contributed by atoms with Crippen LogP contribution in [0.1, 0.15) is 29.0 Å². The number of amides is 1. The van der Waals surface area contributed by atoms with E-state index < -0.39 is 0 Å². The van der Waals surface area contributed by atoms with Crippen LogP contribution in [-0.2, 0) is 11.2 Å². The summed E-state index contributed by atoms with van der Waals surface area (Å²) in [6, 6.07) is 20.0. The van der Waals surface area contributed by atoms with Crippen molar-refractivity contribution in [1.82, 2.24) is 5.32 Å². The summed E-state index contributed by atoms with van der Waals surface area (Å²) in [6.45, 7) is 0.555. The van der Waals surface area contributed by atoms with Crippen molar-refractivity contribution in [3.05, 3.63) is 82.4 Å². The molecule has 0 radical (unpaired) electrons. The molecule has 6 heteroatoms. The summed E-state index contributed by atoms with van der Waals surface area (Å²) >= 11 is 8.01. The van der Waals surface area contributed by atoms with Crippen LogP contribution < -0.4 is 14.8 Å². The lowest BCUT2D eigenvalue weighted by atomic mass is 9.87. The fourth-order valence-electron chi connectivity index (χ4n) is 3.89. The molecule has 1 aliphatic heterocycles. The van der Waals surface area contributed by atoms with Crippen molar-refractivity contribution in [2.45, 2.75) is 28.6 Å². The number of ether oxygens (including phenoxy) is 2. The molecule has 4 nitrogen and oxygen atoms in total. The number of carbonyl (C=O) groups excluding carboxylic acids is 1. The first-order valence-corrected chi connectivity index (χ1v) is 11.3. The predicted octanol–water partition coefficient (Wildman–Crippen LogP) is 5.70. The second-order valence-corrected chi connectivity index (χ2v) is 8.89. The molecule has 31 heavy (non-hydrogen) atoms. The highest BCUT2D eigenvalue weighted by molar-refractivity contribution is 7.99. The first-order valence-electron chi connectivity index (χ1n) is 10.1. The van der Waals surface area contributed by atoms with Gasteiger partial charge in [-0.25, -0.2) is 0 Å². The van der Waals surface area contributed by atoms with Crippen molar-refractivity contribution in [3.63, 3.8) is 0 Å². The second-order valence-electron chi connectivity index (χ2n) is 7.37. The highest BCUT2D eigenvalue weighted by Crippen LogP contribution is 2.47. The number of hydrogen-bond acceptors (Lipinski definition) is 4. The quantitative estimate of drug-likeness (QED) is 0.498. The minimum Gasteiger partial charge on any atom is -0.493 e. The maximum absolute atomic E-state index is 12.8. The van der Waals surface area contributed by atoms with Gasteiger partial charge in [0.2, 0.25) is 5.91 Å². The van der Waals surface area contributed by atoms with Crippen LogP contribution in [0, 0.1) is 0 Å². The van der Waals surface area contributed by atoms with Crippen LogP contribution in [0.25, 0.3) is 0 Å². The molecule has 0 aliphatic carbocycles. The number of carbonyl (C=O) groups is 1. The Morgan fingerprint density at radius 3 is 2.55 bits per heavy atom. The van der Waals surface area contributed by atoms with E-state index in [1.165, 1.54) is 10.5 Å².